The molecule has 4 rings (SSSR count). The van der Waals surface area contributed by atoms with Crippen molar-refractivity contribution >= 4 is 68.4 Å². The number of halogens is 3. The SMILES string of the molecule is N#CC(C(=O)NCc1ccccc1)=C1SC(Cc2ccc(Cl)cc2Cl)C(=O)N1c1ccc(Br)cc1. The second-order valence-corrected chi connectivity index (χ2v) is 10.6. The van der Waals surface area contributed by atoms with Gasteiger partial charge in [0, 0.05) is 26.8 Å². The van der Waals surface area contributed by atoms with Crippen LogP contribution in [0.4, 0.5) is 5.69 Å². The summed E-state index contributed by atoms with van der Waals surface area (Å²) in [4.78, 5) is 28.0. The molecule has 1 saturated heterocycles. The second-order valence-electron chi connectivity index (χ2n) is 7.66. The van der Waals surface area contributed by atoms with Gasteiger partial charge in [0.2, 0.25) is 5.91 Å². The number of carbonyl (C=O) groups excluding carboxylic acids is 2. The van der Waals surface area contributed by atoms with Gasteiger partial charge in [0.25, 0.3) is 5.91 Å². The zero-order valence-corrected chi connectivity index (χ0v) is 22.1. The average Bonchev–Trinajstić information content (AvgIpc) is 3.16. The summed E-state index contributed by atoms with van der Waals surface area (Å²) in [6.45, 7) is 0.263. The highest BCUT2D eigenvalue weighted by molar-refractivity contribution is 9.10. The number of nitrogens with zero attached hydrogens (tertiary/aromatic N) is 2. The van der Waals surface area contributed by atoms with Crippen LogP contribution in [0.3, 0.4) is 0 Å². The molecule has 1 aliphatic heterocycles. The molecule has 1 unspecified atom stereocenters. The fraction of sp³-hybridized carbons (Fsp3) is 0.115. The Morgan fingerprint density at radius 3 is 2.46 bits per heavy atom. The van der Waals surface area contributed by atoms with Crippen LogP contribution >= 0.6 is 50.9 Å². The van der Waals surface area contributed by atoms with Gasteiger partial charge in [-0.25, -0.2) is 0 Å². The summed E-state index contributed by atoms with van der Waals surface area (Å²) in [6, 6.07) is 23.7. The molecule has 0 aromatic heterocycles. The lowest BCUT2D eigenvalue weighted by Gasteiger charge is -2.19. The molecule has 1 N–H and O–H groups in total. The van der Waals surface area contributed by atoms with Crippen molar-refractivity contribution in [2.75, 3.05) is 4.90 Å². The Hall–Kier alpha value is -2.76. The first kappa shape index (κ1) is 25.3. The number of nitriles is 1. The van der Waals surface area contributed by atoms with E-state index in [4.69, 9.17) is 23.2 Å². The van der Waals surface area contributed by atoms with Crippen LogP contribution in [0.5, 0.6) is 0 Å². The highest BCUT2D eigenvalue weighted by Crippen LogP contribution is 2.42. The minimum absolute atomic E-state index is 0.119. The molecule has 176 valence electrons. The molecule has 0 saturated carbocycles. The lowest BCUT2D eigenvalue weighted by atomic mass is 10.1. The number of rotatable bonds is 6. The zero-order chi connectivity index (χ0) is 24.9. The monoisotopic (exact) mass is 585 g/mol. The largest absolute Gasteiger partial charge is 0.347 e. The quantitative estimate of drug-likeness (QED) is 0.264. The Morgan fingerprint density at radius 1 is 1.09 bits per heavy atom. The summed E-state index contributed by atoms with van der Waals surface area (Å²) < 4.78 is 0.844. The minimum atomic E-state index is -0.572. The fourth-order valence-electron chi connectivity index (χ4n) is 3.57. The van der Waals surface area contributed by atoms with Gasteiger partial charge in [0.05, 0.1) is 5.25 Å². The van der Waals surface area contributed by atoms with E-state index in [0.717, 1.165) is 15.6 Å². The predicted octanol–water partition coefficient (Wildman–Crippen LogP) is 6.50. The normalized spacial score (nSPS) is 16.7. The molecule has 1 atom stereocenters. The molecule has 5 nitrogen and oxygen atoms in total. The lowest BCUT2D eigenvalue weighted by molar-refractivity contribution is -0.117. The molecular formula is C26H18BrCl2N3O2S. The van der Waals surface area contributed by atoms with E-state index in [-0.39, 0.29) is 18.0 Å². The number of nitrogens with one attached hydrogen (secondary N) is 1. The van der Waals surface area contributed by atoms with Crippen LogP contribution in [0.25, 0.3) is 0 Å². The maximum atomic E-state index is 13.6. The molecule has 3 aromatic carbocycles. The standard InChI is InChI=1S/C26H18BrCl2N3O2S/c27-18-7-10-20(11-8-18)32-25(34)23(12-17-6-9-19(28)13-22(17)29)35-26(32)21(14-30)24(33)31-15-16-4-2-1-3-5-16/h1-11,13,23H,12,15H2,(H,31,33). The van der Waals surface area contributed by atoms with E-state index in [9.17, 15) is 14.9 Å². The van der Waals surface area contributed by atoms with Crippen molar-refractivity contribution in [2.45, 2.75) is 18.2 Å². The summed E-state index contributed by atoms with van der Waals surface area (Å²) in [6.07, 6.45) is 0.320. The van der Waals surface area contributed by atoms with E-state index in [1.165, 1.54) is 16.7 Å². The third-order valence-corrected chi connectivity index (χ3v) is 7.69. The van der Waals surface area contributed by atoms with E-state index in [1.807, 2.05) is 36.4 Å². The highest BCUT2D eigenvalue weighted by Gasteiger charge is 2.41. The van der Waals surface area contributed by atoms with Crippen molar-refractivity contribution in [1.82, 2.24) is 5.32 Å². The Kier molecular flexibility index (Phi) is 8.19. The number of hydrogen-bond acceptors (Lipinski definition) is 4. The van der Waals surface area contributed by atoms with Crippen LogP contribution in [0.15, 0.2) is 87.9 Å². The first-order valence-corrected chi connectivity index (χ1v) is 13.0. The molecule has 0 aliphatic carbocycles. The van der Waals surface area contributed by atoms with E-state index >= 15 is 0 Å². The van der Waals surface area contributed by atoms with Crippen LogP contribution in [-0.2, 0) is 22.6 Å². The molecule has 0 spiro atoms. The summed E-state index contributed by atoms with van der Waals surface area (Å²) in [5.41, 5.74) is 2.10. The van der Waals surface area contributed by atoms with Crippen LogP contribution in [0.1, 0.15) is 11.1 Å². The van der Waals surface area contributed by atoms with Crippen molar-refractivity contribution in [1.29, 1.82) is 5.26 Å². The first-order valence-electron chi connectivity index (χ1n) is 10.5. The van der Waals surface area contributed by atoms with Crippen LogP contribution in [0.2, 0.25) is 10.0 Å². The molecule has 1 fully saturated rings. The Morgan fingerprint density at radius 2 is 1.80 bits per heavy atom. The van der Waals surface area contributed by atoms with Crippen LogP contribution in [-0.4, -0.2) is 17.1 Å². The fourth-order valence-corrected chi connectivity index (χ4v) is 5.61. The number of thioether (sulfide) groups is 1. The van der Waals surface area contributed by atoms with Crippen LogP contribution in [0, 0.1) is 11.3 Å². The number of carbonyl (C=O) groups is 2. The smallest absolute Gasteiger partial charge is 0.264 e. The molecule has 0 radical (unpaired) electrons. The molecule has 0 bridgehead atoms. The summed E-state index contributed by atoms with van der Waals surface area (Å²) in [5.74, 6) is -0.777. The van der Waals surface area contributed by atoms with Gasteiger partial charge in [-0.05, 0) is 53.9 Å². The summed E-state index contributed by atoms with van der Waals surface area (Å²) >= 11 is 17.0. The third-order valence-electron chi connectivity index (χ3n) is 5.31. The van der Waals surface area contributed by atoms with Gasteiger partial charge >= 0.3 is 0 Å². The number of anilines is 1. The van der Waals surface area contributed by atoms with Gasteiger partial charge in [-0.3, -0.25) is 14.5 Å². The summed E-state index contributed by atoms with van der Waals surface area (Å²) in [7, 11) is 0. The number of hydrogen-bond donors (Lipinski definition) is 1. The maximum Gasteiger partial charge on any atom is 0.264 e. The number of benzene rings is 3. The van der Waals surface area contributed by atoms with Crippen LogP contribution < -0.4 is 10.2 Å². The minimum Gasteiger partial charge on any atom is -0.347 e. The van der Waals surface area contributed by atoms with Crippen molar-refractivity contribution in [3.8, 4) is 6.07 Å². The average molecular weight is 587 g/mol. The molecule has 1 aliphatic rings. The zero-order valence-electron chi connectivity index (χ0n) is 18.2. The molecule has 35 heavy (non-hydrogen) atoms. The Balaban J connectivity index is 1.68. The van der Waals surface area contributed by atoms with Crippen molar-refractivity contribution < 1.29 is 9.59 Å². The topological polar surface area (TPSA) is 73.2 Å². The lowest BCUT2D eigenvalue weighted by Crippen LogP contribution is -2.32. The van der Waals surface area contributed by atoms with Gasteiger partial charge in [-0.1, -0.05) is 87.3 Å². The molecule has 2 amide bonds. The highest BCUT2D eigenvalue weighted by atomic mass is 79.9. The van der Waals surface area contributed by atoms with Gasteiger partial charge < -0.3 is 5.32 Å². The van der Waals surface area contributed by atoms with E-state index in [0.29, 0.717) is 27.2 Å². The Labute approximate surface area is 225 Å². The molecular weight excluding hydrogens is 569 g/mol. The first-order chi connectivity index (χ1) is 16.9. The van der Waals surface area contributed by atoms with Gasteiger partial charge in [-0.2, -0.15) is 5.26 Å². The van der Waals surface area contributed by atoms with Crippen molar-refractivity contribution in [3.05, 3.63) is 109 Å². The van der Waals surface area contributed by atoms with E-state index in [2.05, 4.69) is 21.2 Å². The predicted molar refractivity (Wildman–Crippen MR) is 144 cm³/mol. The molecule has 9 heteroatoms. The third kappa shape index (κ3) is 5.91. The van der Waals surface area contributed by atoms with E-state index < -0.39 is 11.2 Å². The van der Waals surface area contributed by atoms with Crippen molar-refractivity contribution in [3.63, 3.8) is 0 Å². The summed E-state index contributed by atoms with van der Waals surface area (Å²) in [5, 5.41) is 13.4. The molecule has 3 aromatic rings. The van der Waals surface area contributed by atoms with Gasteiger partial charge in [0.1, 0.15) is 16.7 Å². The molecule has 1 heterocycles. The van der Waals surface area contributed by atoms with Gasteiger partial charge in [-0.15, -0.1) is 0 Å². The van der Waals surface area contributed by atoms with Gasteiger partial charge in [0.15, 0.2) is 0 Å². The maximum absolute atomic E-state index is 13.6. The van der Waals surface area contributed by atoms with Crippen molar-refractivity contribution in [2.24, 2.45) is 0 Å². The Bertz CT molecular complexity index is 1340. The van der Waals surface area contributed by atoms with E-state index in [1.54, 1.807) is 42.5 Å². The number of amides is 2. The second kappa shape index (κ2) is 11.3.